The maximum atomic E-state index is 10.7. The molecule has 0 heterocycles. The topological polar surface area (TPSA) is 69.1 Å². The Balaban J connectivity index is 2.85. The molecule has 3 nitrogen and oxygen atoms in total. The summed E-state index contributed by atoms with van der Waals surface area (Å²) in [6, 6.07) is 5.47. The van der Waals surface area contributed by atoms with Gasteiger partial charge in [0.2, 0.25) is 5.91 Å². The average Bonchev–Trinajstić information content (AvgIpc) is 2.08. The summed E-state index contributed by atoms with van der Waals surface area (Å²) in [5, 5.41) is 0. The van der Waals surface area contributed by atoms with E-state index in [1.165, 1.54) is 0 Å². The number of rotatable bonds is 3. The summed E-state index contributed by atoms with van der Waals surface area (Å²) in [6.07, 6.45) is 0.176. The van der Waals surface area contributed by atoms with Crippen LogP contribution >= 0.6 is 15.9 Å². The van der Waals surface area contributed by atoms with Gasteiger partial charge >= 0.3 is 0 Å². The van der Waals surface area contributed by atoms with Gasteiger partial charge in [0, 0.05) is 16.9 Å². The second-order valence-corrected chi connectivity index (χ2v) is 4.14. The normalized spacial score (nSPS) is 12.5. The Morgan fingerprint density at radius 3 is 2.71 bits per heavy atom. The molecule has 1 rings (SSSR count). The third-order valence-corrected chi connectivity index (χ3v) is 2.90. The van der Waals surface area contributed by atoms with Crippen molar-refractivity contribution in [3.63, 3.8) is 0 Å². The van der Waals surface area contributed by atoms with E-state index in [0.717, 1.165) is 15.6 Å². The van der Waals surface area contributed by atoms with Crippen LogP contribution < -0.4 is 11.5 Å². The van der Waals surface area contributed by atoms with Crippen LogP contribution in [0.15, 0.2) is 22.7 Å². The number of carbonyl (C=O) groups is 1. The first kappa shape index (κ1) is 11.2. The molecule has 0 saturated carbocycles. The Morgan fingerprint density at radius 2 is 2.21 bits per heavy atom. The van der Waals surface area contributed by atoms with Crippen molar-refractivity contribution < 1.29 is 4.79 Å². The number of amides is 1. The van der Waals surface area contributed by atoms with Crippen LogP contribution in [0, 0.1) is 6.92 Å². The lowest BCUT2D eigenvalue weighted by molar-refractivity contribution is -0.118. The maximum Gasteiger partial charge on any atom is 0.219 e. The van der Waals surface area contributed by atoms with E-state index in [9.17, 15) is 4.79 Å². The second-order valence-electron chi connectivity index (χ2n) is 3.29. The molecule has 4 heteroatoms. The zero-order valence-corrected chi connectivity index (χ0v) is 9.54. The van der Waals surface area contributed by atoms with Crippen molar-refractivity contribution in [1.29, 1.82) is 0 Å². The molecule has 0 aliphatic rings. The van der Waals surface area contributed by atoms with Crippen LogP contribution in [0.2, 0.25) is 0 Å². The van der Waals surface area contributed by atoms with E-state index < -0.39 is 0 Å². The van der Waals surface area contributed by atoms with E-state index >= 15 is 0 Å². The number of nitrogens with two attached hydrogens (primary N) is 2. The van der Waals surface area contributed by atoms with Crippen LogP contribution in [0.4, 0.5) is 0 Å². The fourth-order valence-electron chi connectivity index (χ4n) is 1.17. The number of hydrogen-bond acceptors (Lipinski definition) is 2. The lowest BCUT2D eigenvalue weighted by Crippen LogP contribution is -2.20. The minimum Gasteiger partial charge on any atom is -0.370 e. The Kier molecular flexibility index (Phi) is 3.66. The Morgan fingerprint density at radius 1 is 1.57 bits per heavy atom. The van der Waals surface area contributed by atoms with Crippen LogP contribution in [-0.2, 0) is 4.79 Å². The number of carbonyl (C=O) groups excluding carboxylic acids is 1. The first-order valence-corrected chi connectivity index (χ1v) is 5.10. The number of aryl methyl sites for hydroxylation is 1. The van der Waals surface area contributed by atoms with Gasteiger partial charge in [-0.15, -0.1) is 0 Å². The lowest BCUT2D eigenvalue weighted by atomic mass is 10.0. The molecule has 0 fully saturated rings. The third-order valence-electron chi connectivity index (χ3n) is 2.05. The molecule has 0 radical (unpaired) electrons. The van der Waals surface area contributed by atoms with Crippen molar-refractivity contribution in [3.8, 4) is 0 Å². The SMILES string of the molecule is Cc1ccc([C@H](N)CC(N)=O)cc1Br. The Bertz CT molecular complexity index is 352. The fraction of sp³-hybridized carbons (Fsp3) is 0.300. The molecule has 1 amide bonds. The van der Waals surface area contributed by atoms with Gasteiger partial charge in [0.15, 0.2) is 0 Å². The monoisotopic (exact) mass is 256 g/mol. The summed E-state index contributed by atoms with van der Waals surface area (Å²) in [4.78, 5) is 10.7. The number of primary amides is 1. The highest BCUT2D eigenvalue weighted by molar-refractivity contribution is 9.10. The van der Waals surface area contributed by atoms with Gasteiger partial charge in [0.1, 0.15) is 0 Å². The third kappa shape index (κ3) is 2.82. The summed E-state index contributed by atoms with van der Waals surface area (Å²) in [7, 11) is 0. The second kappa shape index (κ2) is 4.57. The standard InChI is InChI=1S/C10H13BrN2O/c1-6-2-3-7(4-8(6)11)9(12)5-10(13)14/h2-4,9H,5,12H2,1H3,(H2,13,14)/t9-/m1/s1. The van der Waals surface area contributed by atoms with Gasteiger partial charge in [-0.05, 0) is 24.1 Å². The Labute approximate surface area is 91.6 Å². The fourth-order valence-corrected chi connectivity index (χ4v) is 1.57. The van der Waals surface area contributed by atoms with Crippen LogP contribution in [0.5, 0.6) is 0 Å². The van der Waals surface area contributed by atoms with Crippen LogP contribution in [0.1, 0.15) is 23.6 Å². The molecule has 1 aromatic carbocycles. The van der Waals surface area contributed by atoms with Gasteiger partial charge in [-0.1, -0.05) is 28.1 Å². The minimum atomic E-state index is -0.380. The molecule has 14 heavy (non-hydrogen) atoms. The molecule has 0 aromatic heterocycles. The summed E-state index contributed by atoms with van der Waals surface area (Å²) >= 11 is 3.41. The lowest BCUT2D eigenvalue weighted by Gasteiger charge is -2.10. The molecule has 0 unspecified atom stereocenters. The molecular weight excluding hydrogens is 244 g/mol. The number of benzene rings is 1. The number of halogens is 1. The van der Waals surface area contributed by atoms with E-state index in [0.29, 0.717) is 0 Å². The first-order valence-electron chi connectivity index (χ1n) is 4.30. The minimum absolute atomic E-state index is 0.176. The highest BCUT2D eigenvalue weighted by Gasteiger charge is 2.09. The quantitative estimate of drug-likeness (QED) is 0.864. The highest BCUT2D eigenvalue weighted by atomic mass is 79.9. The predicted octanol–water partition coefficient (Wildman–Crippen LogP) is 1.63. The van der Waals surface area contributed by atoms with Crippen molar-refractivity contribution in [2.75, 3.05) is 0 Å². The summed E-state index contributed by atoms with van der Waals surface area (Å²) in [5.41, 5.74) is 12.9. The van der Waals surface area contributed by atoms with E-state index in [2.05, 4.69) is 15.9 Å². The summed E-state index contributed by atoms with van der Waals surface area (Å²) in [5.74, 6) is -0.380. The van der Waals surface area contributed by atoms with Gasteiger partial charge in [-0.2, -0.15) is 0 Å². The van der Waals surface area contributed by atoms with E-state index in [1.54, 1.807) is 0 Å². The zero-order valence-electron chi connectivity index (χ0n) is 7.96. The predicted molar refractivity (Wildman–Crippen MR) is 59.6 cm³/mol. The van der Waals surface area contributed by atoms with Crippen LogP contribution in [0.3, 0.4) is 0 Å². The van der Waals surface area contributed by atoms with Crippen molar-refractivity contribution >= 4 is 21.8 Å². The molecule has 0 spiro atoms. The molecule has 1 aromatic rings. The molecule has 0 aliphatic heterocycles. The van der Waals surface area contributed by atoms with E-state index in [1.807, 2.05) is 25.1 Å². The zero-order chi connectivity index (χ0) is 10.7. The molecule has 0 bridgehead atoms. The molecule has 0 saturated heterocycles. The Hall–Kier alpha value is -0.870. The molecule has 0 aliphatic carbocycles. The highest BCUT2D eigenvalue weighted by Crippen LogP contribution is 2.22. The molecule has 4 N–H and O–H groups in total. The molecule has 1 atom stereocenters. The molecule has 76 valence electrons. The van der Waals surface area contributed by atoms with Gasteiger partial charge < -0.3 is 11.5 Å². The van der Waals surface area contributed by atoms with Gasteiger partial charge in [-0.3, -0.25) is 4.79 Å². The van der Waals surface area contributed by atoms with Crippen molar-refractivity contribution in [2.24, 2.45) is 11.5 Å². The largest absolute Gasteiger partial charge is 0.370 e. The first-order chi connectivity index (χ1) is 6.50. The number of hydrogen-bond donors (Lipinski definition) is 2. The van der Waals surface area contributed by atoms with Crippen LogP contribution in [0.25, 0.3) is 0 Å². The summed E-state index contributed by atoms with van der Waals surface area (Å²) in [6.45, 7) is 1.99. The van der Waals surface area contributed by atoms with E-state index in [4.69, 9.17) is 11.5 Å². The van der Waals surface area contributed by atoms with Gasteiger partial charge in [-0.25, -0.2) is 0 Å². The van der Waals surface area contributed by atoms with Gasteiger partial charge in [0.25, 0.3) is 0 Å². The van der Waals surface area contributed by atoms with E-state index in [-0.39, 0.29) is 18.4 Å². The molecular formula is C10H13BrN2O. The average molecular weight is 257 g/mol. The van der Waals surface area contributed by atoms with Crippen LogP contribution in [-0.4, -0.2) is 5.91 Å². The smallest absolute Gasteiger partial charge is 0.219 e. The summed E-state index contributed by atoms with van der Waals surface area (Å²) < 4.78 is 0.995. The van der Waals surface area contributed by atoms with Crippen molar-refractivity contribution in [1.82, 2.24) is 0 Å². The van der Waals surface area contributed by atoms with Gasteiger partial charge in [0.05, 0.1) is 0 Å². The van der Waals surface area contributed by atoms with Crippen molar-refractivity contribution in [3.05, 3.63) is 33.8 Å². The maximum absolute atomic E-state index is 10.7. The van der Waals surface area contributed by atoms with Crippen molar-refractivity contribution in [2.45, 2.75) is 19.4 Å².